The molecule has 0 radical (unpaired) electrons. The summed E-state index contributed by atoms with van der Waals surface area (Å²) in [6.45, 7) is 0. The molecule has 0 atom stereocenters. The number of alkyl halides is 2. The molecule has 0 aromatic heterocycles. The fourth-order valence-electron chi connectivity index (χ4n) is 0.223. The Kier molecular flexibility index (Phi) is 3.23. The molecule has 4 heteroatoms. The third-order valence-corrected chi connectivity index (χ3v) is 0.559. The van der Waals surface area contributed by atoms with E-state index in [2.05, 4.69) is 0 Å². The molecule has 0 heterocycles. The summed E-state index contributed by atoms with van der Waals surface area (Å²) in [4.78, 5) is 9.35. The Morgan fingerprint density at radius 3 is 2.12 bits per heavy atom. The van der Waals surface area contributed by atoms with Crippen LogP contribution in [0.15, 0.2) is 0 Å². The highest BCUT2D eigenvalue weighted by atomic mass is 19.3. The standard InChI is InChI=1S/C4H5F3O/c5-3(6)1-2-4(7)8/h3H,1-2H2. The van der Waals surface area contributed by atoms with Crippen LogP contribution in [0.1, 0.15) is 12.8 Å². The number of halogens is 3. The Hall–Kier alpha value is -0.540. The van der Waals surface area contributed by atoms with Gasteiger partial charge in [-0.15, -0.1) is 0 Å². The van der Waals surface area contributed by atoms with Crippen molar-refractivity contribution in [3.63, 3.8) is 0 Å². The van der Waals surface area contributed by atoms with E-state index in [0.717, 1.165) is 0 Å². The number of hydrogen-bond acceptors (Lipinski definition) is 1. The first kappa shape index (κ1) is 7.46. The van der Waals surface area contributed by atoms with E-state index in [1.165, 1.54) is 0 Å². The van der Waals surface area contributed by atoms with E-state index in [4.69, 9.17) is 0 Å². The number of carbonyl (C=O) groups is 1. The molecule has 0 unspecified atom stereocenters. The highest BCUT2D eigenvalue weighted by Crippen LogP contribution is 2.02. The molecule has 0 bridgehead atoms. The van der Waals surface area contributed by atoms with Crippen LogP contribution < -0.4 is 0 Å². The monoisotopic (exact) mass is 126 g/mol. The molecule has 48 valence electrons. The van der Waals surface area contributed by atoms with Crippen molar-refractivity contribution in [1.82, 2.24) is 0 Å². The summed E-state index contributed by atoms with van der Waals surface area (Å²) in [5, 5.41) is 0. The molecule has 0 aliphatic carbocycles. The summed E-state index contributed by atoms with van der Waals surface area (Å²) in [6.07, 6.45) is -3.91. The van der Waals surface area contributed by atoms with Gasteiger partial charge in [-0.3, -0.25) is 4.79 Å². The van der Waals surface area contributed by atoms with Gasteiger partial charge < -0.3 is 0 Å². The van der Waals surface area contributed by atoms with E-state index in [1.807, 2.05) is 0 Å². The Morgan fingerprint density at radius 2 is 2.00 bits per heavy atom. The molecule has 0 aromatic rings. The lowest BCUT2D eigenvalue weighted by Gasteiger charge is -1.89. The molecule has 0 aliphatic heterocycles. The van der Waals surface area contributed by atoms with Gasteiger partial charge in [0.25, 0.3) is 0 Å². The third-order valence-electron chi connectivity index (χ3n) is 0.559. The predicted octanol–water partition coefficient (Wildman–Crippen LogP) is 1.53. The summed E-state index contributed by atoms with van der Waals surface area (Å²) in [5.74, 6) is 0. The Labute approximate surface area is 44.5 Å². The zero-order valence-electron chi connectivity index (χ0n) is 4.03. The molecule has 0 amide bonds. The van der Waals surface area contributed by atoms with Gasteiger partial charge >= 0.3 is 6.04 Å². The highest BCUT2D eigenvalue weighted by molar-refractivity contribution is 5.67. The van der Waals surface area contributed by atoms with Gasteiger partial charge in [0.15, 0.2) is 0 Å². The molecule has 8 heavy (non-hydrogen) atoms. The maximum absolute atomic E-state index is 11.1. The van der Waals surface area contributed by atoms with Gasteiger partial charge in [-0.1, -0.05) is 0 Å². The fourth-order valence-corrected chi connectivity index (χ4v) is 0.223. The average Bonchev–Trinajstić information content (AvgIpc) is 1.61. The van der Waals surface area contributed by atoms with Crippen molar-refractivity contribution in [2.24, 2.45) is 0 Å². The highest BCUT2D eigenvalue weighted by Gasteiger charge is 2.05. The lowest BCUT2D eigenvalue weighted by Crippen LogP contribution is -1.94. The molecular weight excluding hydrogens is 121 g/mol. The van der Waals surface area contributed by atoms with Crippen LogP contribution in [0.2, 0.25) is 0 Å². The Bertz CT molecular complexity index is 81.4. The van der Waals surface area contributed by atoms with E-state index >= 15 is 0 Å². The third kappa shape index (κ3) is 5.46. The van der Waals surface area contributed by atoms with E-state index in [-0.39, 0.29) is 0 Å². The molecule has 0 fully saturated rings. The molecule has 0 aliphatic rings. The van der Waals surface area contributed by atoms with E-state index in [1.54, 1.807) is 0 Å². The van der Waals surface area contributed by atoms with Gasteiger partial charge in [0.1, 0.15) is 0 Å². The number of rotatable bonds is 3. The molecule has 0 N–H and O–H groups in total. The summed E-state index contributed by atoms with van der Waals surface area (Å²) in [5.41, 5.74) is 0. The normalized spacial score (nSPS) is 10.0. The average molecular weight is 126 g/mol. The minimum absolute atomic E-state index is 0.669. The van der Waals surface area contributed by atoms with Crippen molar-refractivity contribution in [1.29, 1.82) is 0 Å². The maximum atomic E-state index is 11.1. The first-order valence-corrected chi connectivity index (χ1v) is 2.09. The molecular formula is C4H5F3O. The Balaban J connectivity index is 3.05. The van der Waals surface area contributed by atoms with E-state index in [0.29, 0.717) is 0 Å². The zero-order valence-corrected chi connectivity index (χ0v) is 4.03. The van der Waals surface area contributed by atoms with Crippen LogP contribution in [0.3, 0.4) is 0 Å². The summed E-state index contributed by atoms with van der Waals surface area (Å²) < 4.78 is 33.2. The Morgan fingerprint density at radius 1 is 1.50 bits per heavy atom. The second-order valence-corrected chi connectivity index (χ2v) is 1.28. The van der Waals surface area contributed by atoms with E-state index < -0.39 is 25.3 Å². The van der Waals surface area contributed by atoms with Gasteiger partial charge in [-0.25, -0.2) is 8.78 Å². The minimum atomic E-state index is -2.57. The van der Waals surface area contributed by atoms with Gasteiger partial charge in [0, 0.05) is 12.8 Å². The lowest BCUT2D eigenvalue weighted by atomic mass is 10.3. The molecule has 0 saturated heterocycles. The SMILES string of the molecule is O=C(F)CCC(F)F. The van der Waals surface area contributed by atoms with Crippen LogP contribution in [-0.4, -0.2) is 12.5 Å². The predicted molar refractivity (Wildman–Crippen MR) is 21.4 cm³/mol. The largest absolute Gasteiger partial charge is 0.301 e. The van der Waals surface area contributed by atoms with E-state index in [9.17, 15) is 18.0 Å². The van der Waals surface area contributed by atoms with Crippen LogP contribution in [0, 0.1) is 0 Å². The van der Waals surface area contributed by atoms with Crippen molar-refractivity contribution >= 4 is 6.04 Å². The van der Waals surface area contributed by atoms with Crippen molar-refractivity contribution in [2.75, 3.05) is 0 Å². The van der Waals surface area contributed by atoms with Crippen molar-refractivity contribution < 1.29 is 18.0 Å². The summed E-state index contributed by atoms with van der Waals surface area (Å²) >= 11 is 0. The smallest absolute Gasteiger partial charge is 0.261 e. The topological polar surface area (TPSA) is 17.1 Å². The van der Waals surface area contributed by atoms with Crippen molar-refractivity contribution in [3.05, 3.63) is 0 Å². The van der Waals surface area contributed by atoms with Crippen LogP contribution in [-0.2, 0) is 4.79 Å². The van der Waals surface area contributed by atoms with Crippen LogP contribution in [0.25, 0.3) is 0 Å². The second-order valence-electron chi connectivity index (χ2n) is 1.28. The van der Waals surface area contributed by atoms with Gasteiger partial charge in [0.2, 0.25) is 6.43 Å². The first-order chi connectivity index (χ1) is 3.63. The molecule has 0 saturated carbocycles. The first-order valence-electron chi connectivity index (χ1n) is 2.09. The molecule has 1 nitrogen and oxygen atoms in total. The van der Waals surface area contributed by atoms with Crippen LogP contribution in [0.4, 0.5) is 13.2 Å². The summed E-state index contributed by atoms with van der Waals surface area (Å²) in [7, 11) is 0. The number of carbonyl (C=O) groups excluding carboxylic acids is 1. The minimum Gasteiger partial charge on any atom is -0.261 e. The van der Waals surface area contributed by atoms with Crippen molar-refractivity contribution in [3.8, 4) is 0 Å². The lowest BCUT2D eigenvalue weighted by molar-refractivity contribution is -0.130. The quantitative estimate of drug-likeness (QED) is 0.524. The molecule has 0 aromatic carbocycles. The van der Waals surface area contributed by atoms with Crippen LogP contribution in [0.5, 0.6) is 0 Å². The van der Waals surface area contributed by atoms with Gasteiger partial charge in [-0.05, 0) is 0 Å². The van der Waals surface area contributed by atoms with Crippen molar-refractivity contribution in [2.45, 2.75) is 19.3 Å². The van der Waals surface area contributed by atoms with Crippen LogP contribution >= 0.6 is 0 Å². The maximum Gasteiger partial charge on any atom is 0.301 e. The molecule has 0 rings (SSSR count). The summed E-state index contributed by atoms with van der Waals surface area (Å²) in [6, 6.07) is -1.68. The number of hydrogen-bond donors (Lipinski definition) is 0. The fraction of sp³-hybridized carbons (Fsp3) is 0.750. The molecule has 0 spiro atoms. The van der Waals surface area contributed by atoms with Gasteiger partial charge in [0.05, 0.1) is 0 Å². The second kappa shape index (κ2) is 3.46. The zero-order chi connectivity index (χ0) is 6.57. The van der Waals surface area contributed by atoms with Gasteiger partial charge in [-0.2, -0.15) is 4.39 Å².